The zero-order valence-corrected chi connectivity index (χ0v) is 30.0. The Morgan fingerprint density at radius 3 is 2.43 bits per heavy atom. The maximum Gasteiger partial charge on any atom is 0.268 e. The molecule has 10 nitrogen and oxygen atoms in total. The number of ether oxygens (including phenoxy) is 1. The summed E-state index contributed by atoms with van der Waals surface area (Å²) in [6, 6.07) is 18.1. The molecule has 2 N–H and O–H groups in total. The van der Waals surface area contributed by atoms with Crippen LogP contribution in [0.4, 0.5) is 31.7 Å². The molecule has 3 amide bonds. The predicted molar refractivity (Wildman–Crippen MR) is 200 cm³/mol. The Labute approximate surface area is 308 Å². The van der Waals surface area contributed by atoms with Crippen molar-refractivity contribution >= 4 is 51.9 Å². The molecule has 2 saturated heterocycles. The number of hydrogen-bond acceptors (Lipinski definition) is 8. The van der Waals surface area contributed by atoms with E-state index in [9.17, 15) is 18.8 Å². The van der Waals surface area contributed by atoms with Crippen molar-refractivity contribution in [3.8, 4) is 10.6 Å². The van der Waals surface area contributed by atoms with Crippen molar-refractivity contribution in [2.24, 2.45) is 5.41 Å². The van der Waals surface area contributed by atoms with Crippen LogP contribution in [0.15, 0.2) is 72.9 Å². The van der Waals surface area contributed by atoms with Crippen LogP contribution in [0.1, 0.15) is 60.1 Å². The molecule has 8 rings (SSSR count). The van der Waals surface area contributed by atoms with Crippen molar-refractivity contribution in [3.63, 3.8) is 0 Å². The van der Waals surface area contributed by atoms with Gasteiger partial charge in [0.05, 0.1) is 21.8 Å². The second-order valence-electron chi connectivity index (χ2n) is 13.8. The van der Waals surface area contributed by atoms with Gasteiger partial charge in [0.2, 0.25) is 0 Å². The number of nitrogens with one attached hydrogen (secondary N) is 2. The lowest BCUT2D eigenvalue weighted by atomic mass is 9.73. The first-order valence-electron chi connectivity index (χ1n) is 17.5. The maximum absolute atomic E-state index is 15.9. The summed E-state index contributed by atoms with van der Waals surface area (Å²) in [5.74, 6) is -2.05. The fraction of sp³-hybridized carbons (Fsp3) is 0.275. The van der Waals surface area contributed by atoms with E-state index >= 15 is 4.39 Å². The van der Waals surface area contributed by atoms with Gasteiger partial charge >= 0.3 is 0 Å². The maximum atomic E-state index is 15.9. The quantitative estimate of drug-likeness (QED) is 0.187. The van der Waals surface area contributed by atoms with E-state index in [4.69, 9.17) is 9.72 Å². The Hall–Kier alpha value is -5.53. The normalized spacial score (nSPS) is 15.9. The van der Waals surface area contributed by atoms with Gasteiger partial charge < -0.3 is 25.2 Å². The summed E-state index contributed by atoms with van der Waals surface area (Å²) < 4.78 is 36.0. The van der Waals surface area contributed by atoms with Crippen LogP contribution in [0.25, 0.3) is 10.6 Å². The van der Waals surface area contributed by atoms with E-state index < -0.39 is 17.5 Å². The fourth-order valence-corrected chi connectivity index (χ4v) is 8.49. The van der Waals surface area contributed by atoms with Gasteiger partial charge in [-0.3, -0.25) is 19.4 Å². The van der Waals surface area contributed by atoms with E-state index in [0.29, 0.717) is 44.5 Å². The van der Waals surface area contributed by atoms with Crippen molar-refractivity contribution < 1.29 is 27.9 Å². The number of thiophene rings is 1. The van der Waals surface area contributed by atoms with Gasteiger partial charge in [-0.05, 0) is 93.3 Å². The van der Waals surface area contributed by atoms with Crippen molar-refractivity contribution in [2.75, 3.05) is 53.3 Å². The summed E-state index contributed by atoms with van der Waals surface area (Å²) in [7, 11) is 0. The Balaban J connectivity index is 0.989. The molecule has 0 unspecified atom stereocenters. The molecule has 3 aliphatic heterocycles. The highest BCUT2D eigenvalue weighted by Gasteiger charge is 2.45. The Bertz CT molecular complexity index is 2240. The Kier molecular flexibility index (Phi) is 8.99. The minimum absolute atomic E-state index is 0.00597. The number of pyridine rings is 2. The van der Waals surface area contributed by atoms with Crippen LogP contribution in [-0.4, -0.2) is 60.5 Å². The highest BCUT2D eigenvalue weighted by Crippen LogP contribution is 2.44. The highest BCUT2D eigenvalue weighted by atomic mass is 32.1. The van der Waals surface area contributed by atoms with Crippen LogP contribution in [-0.2, 0) is 11.2 Å². The SMILES string of the molecule is Cc1ccc(C(=O)Nc2ccc(C(=O)N3CCc4c(sc(C(=O)Nc5c(C)cccc5F)c4F)-c4ncccc43)cc2)c(N2CC3(CCOCC3)C2)n1. The number of carbonyl (C=O) groups excluding carboxylic acids is 3. The third-order valence-electron chi connectivity index (χ3n) is 10.3. The summed E-state index contributed by atoms with van der Waals surface area (Å²) in [5.41, 5.74) is 4.02. The number of hydrogen-bond donors (Lipinski definition) is 2. The van der Waals surface area contributed by atoms with Crippen molar-refractivity contribution in [3.05, 3.63) is 117 Å². The fourth-order valence-electron chi connectivity index (χ4n) is 7.36. The summed E-state index contributed by atoms with van der Waals surface area (Å²) in [5, 5.41) is 5.48. The number of nitrogens with zero attached hydrogens (tertiary/aromatic N) is 4. The second kappa shape index (κ2) is 13.8. The summed E-state index contributed by atoms with van der Waals surface area (Å²) >= 11 is 0.924. The molecule has 2 fully saturated rings. The van der Waals surface area contributed by atoms with E-state index in [1.165, 1.54) is 12.1 Å². The molecule has 0 saturated carbocycles. The molecule has 5 aromatic rings. The van der Waals surface area contributed by atoms with Gasteiger partial charge in [0, 0.05) is 67.0 Å². The molecule has 13 heteroatoms. The van der Waals surface area contributed by atoms with Crippen molar-refractivity contribution in [1.82, 2.24) is 9.97 Å². The summed E-state index contributed by atoms with van der Waals surface area (Å²) in [6.45, 7) is 6.88. The number of rotatable bonds is 6. The van der Waals surface area contributed by atoms with E-state index in [-0.39, 0.29) is 46.3 Å². The molecule has 0 radical (unpaired) electrons. The zero-order valence-electron chi connectivity index (χ0n) is 29.2. The topological polar surface area (TPSA) is 117 Å². The third kappa shape index (κ3) is 6.44. The molecule has 270 valence electrons. The molecule has 3 aromatic heterocycles. The van der Waals surface area contributed by atoms with Gasteiger partial charge in [-0.25, -0.2) is 13.8 Å². The monoisotopic (exact) mass is 734 g/mol. The Morgan fingerprint density at radius 2 is 1.68 bits per heavy atom. The Morgan fingerprint density at radius 1 is 0.906 bits per heavy atom. The van der Waals surface area contributed by atoms with Gasteiger partial charge in [0.1, 0.15) is 22.2 Å². The number of para-hydroxylation sites is 1. The largest absolute Gasteiger partial charge is 0.381 e. The van der Waals surface area contributed by atoms with Crippen LogP contribution >= 0.6 is 11.3 Å². The molecule has 1 spiro atoms. The lowest BCUT2D eigenvalue weighted by Crippen LogP contribution is -2.59. The number of amides is 3. The molecule has 3 aliphatic rings. The first-order valence-corrected chi connectivity index (χ1v) is 18.3. The third-order valence-corrected chi connectivity index (χ3v) is 11.5. The van der Waals surface area contributed by atoms with Gasteiger partial charge in [0.15, 0.2) is 5.82 Å². The number of carbonyl (C=O) groups is 3. The number of halogens is 2. The molecule has 2 aromatic carbocycles. The smallest absolute Gasteiger partial charge is 0.268 e. The molecule has 0 bridgehead atoms. The average molecular weight is 735 g/mol. The van der Waals surface area contributed by atoms with Crippen molar-refractivity contribution in [1.29, 1.82) is 0 Å². The molecule has 53 heavy (non-hydrogen) atoms. The lowest BCUT2D eigenvalue weighted by molar-refractivity contribution is -0.000519. The van der Waals surface area contributed by atoms with E-state index in [2.05, 4.69) is 20.5 Å². The average Bonchev–Trinajstić information content (AvgIpc) is 3.38. The molecular formula is C40H36F2N6O4S. The molecule has 6 heterocycles. The van der Waals surface area contributed by atoms with E-state index in [0.717, 1.165) is 56.2 Å². The molecule has 0 aliphatic carbocycles. The standard InChI is InChI=1S/C40H36F2N6O4S/c1-23-5-3-6-29(41)32(23)46-38(50)35-31(42)27-14-18-48(30-7-4-17-43-33(30)34(27)53-35)39(51)25-9-11-26(12-10-25)45-37(49)28-13-8-24(2)44-36(28)47-21-40(22-47)15-19-52-20-16-40/h3-13,17H,14-16,18-22H2,1-2H3,(H,45,49)(H,46,50). The van der Waals surface area contributed by atoms with Gasteiger partial charge in [-0.1, -0.05) is 12.1 Å². The van der Waals surface area contributed by atoms with E-state index in [1.54, 1.807) is 66.6 Å². The highest BCUT2D eigenvalue weighted by molar-refractivity contribution is 7.17. The first kappa shape index (κ1) is 34.6. The number of aryl methyl sites for hydroxylation is 2. The van der Waals surface area contributed by atoms with Crippen LogP contribution in [0.2, 0.25) is 0 Å². The molecule has 0 atom stereocenters. The lowest BCUT2D eigenvalue weighted by Gasteiger charge is -2.53. The van der Waals surface area contributed by atoms with Crippen LogP contribution < -0.4 is 20.4 Å². The van der Waals surface area contributed by atoms with Crippen molar-refractivity contribution in [2.45, 2.75) is 33.1 Å². The van der Waals surface area contributed by atoms with Gasteiger partial charge in [-0.2, -0.15) is 0 Å². The minimum Gasteiger partial charge on any atom is -0.381 e. The number of fused-ring (bicyclic) bond motifs is 3. The number of benzene rings is 2. The predicted octanol–water partition coefficient (Wildman–Crippen LogP) is 7.42. The minimum atomic E-state index is -0.759. The second-order valence-corrected chi connectivity index (χ2v) is 14.9. The first-order chi connectivity index (χ1) is 25.6. The number of aromatic nitrogens is 2. The van der Waals surface area contributed by atoms with Crippen LogP contribution in [0.5, 0.6) is 0 Å². The van der Waals surface area contributed by atoms with E-state index in [1.807, 2.05) is 13.0 Å². The van der Waals surface area contributed by atoms with Gasteiger partial charge in [0.25, 0.3) is 17.7 Å². The molecular weight excluding hydrogens is 699 g/mol. The number of anilines is 4. The summed E-state index contributed by atoms with van der Waals surface area (Å²) in [6.07, 6.45) is 3.68. The van der Waals surface area contributed by atoms with Crippen LogP contribution in [0.3, 0.4) is 0 Å². The zero-order chi connectivity index (χ0) is 36.9. The summed E-state index contributed by atoms with van der Waals surface area (Å²) in [4.78, 5) is 53.9. The van der Waals surface area contributed by atoms with Gasteiger partial charge in [-0.15, -0.1) is 11.3 Å². The van der Waals surface area contributed by atoms with Crippen LogP contribution in [0, 0.1) is 30.9 Å².